The molecule has 4 aliphatic carbocycles. The smallest absolute Gasteiger partial charge is 0.239 e. The number of nitrogens with two attached hydrogens (primary N) is 1. The van der Waals surface area contributed by atoms with Gasteiger partial charge in [0.15, 0.2) is 0 Å². The zero-order chi connectivity index (χ0) is 12.2. The SMILES string of the molecule is Nc1n[nH]c(CCC23CC4CC(CC(C4)C2)C3)n1. The molecule has 0 saturated heterocycles. The van der Waals surface area contributed by atoms with Crippen LogP contribution in [0.1, 0.15) is 50.8 Å². The Hall–Kier alpha value is -1.06. The van der Waals surface area contributed by atoms with E-state index in [0.717, 1.165) is 30.0 Å². The predicted octanol–water partition coefficient (Wildman–Crippen LogP) is 2.54. The summed E-state index contributed by atoms with van der Waals surface area (Å²) >= 11 is 0. The maximum atomic E-state index is 5.56. The van der Waals surface area contributed by atoms with Crippen LogP contribution in [0.15, 0.2) is 0 Å². The summed E-state index contributed by atoms with van der Waals surface area (Å²) < 4.78 is 0. The van der Waals surface area contributed by atoms with Gasteiger partial charge < -0.3 is 5.73 Å². The van der Waals surface area contributed by atoms with Crippen LogP contribution in [-0.4, -0.2) is 15.2 Å². The van der Waals surface area contributed by atoms with Crippen molar-refractivity contribution in [3.05, 3.63) is 5.82 Å². The Balaban J connectivity index is 1.47. The van der Waals surface area contributed by atoms with Crippen molar-refractivity contribution in [2.45, 2.75) is 51.4 Å². The monoisotopic (exact) mass is 246 g/mol. The number of rotatable bonds is 3. The number of nitrogen functional groups attached to an aromatic ring is 1. The molecule has 4 bridgehead atoms. The van der Waals surface area contributed by atoms with Gasteiger partial charge in [0.25, 0.3) is 0 Å². The molecule has 0 atom stereocenters. The van der Waals surface area contributed by atoms with E-state index in [1.807, 2.05) is 0 Å². The summed E-state index contributed by atoms with van der Waals surface area (Å²) in [5.74, 6) is 4.47. The van der Waals surface area contributed by atoms with Crippen LogP contribution in [0.25, 0.3) is 0 Å². The van der Waals surface area contributed by atoms with Gasteiger partial charge in [0.1, 0.15) is 5.82 Å². The third-order valence-electron chi connectivity index (χ3n) is 5.61. The molecule has 3 N–H and O–H groups in total. The molecular weight excluding hydrogens is 224 g/mol. The zero-order valence-corrected chi connectivity index (χ0v) is 10.9. The number of aromatic nitrogens is 3. The highest BCUT2D eigenvalue weighted by molar-refractivity contribution is 5.13. The van der Waals surface area contributed by atoms with Gasteiger partial charge in [0, 0.05) is 6.42 Å². The lowest BCUT2D eigenvalue weighted by Gasteiger charge is -2.57. The fourth-order valence-corrected chi connectivity index (χ4v) is 5.40. The van der Waals surface area contributed by atoms with E-state index in [1.54, 1.807) is 0 Å². The zero-order valence-electron chi connectivity index (χ0n) is 10.9. The molecule has 4 aliphatic rings. The summed E-state index contributed by atoms with van der Waals surface area (Å²) in [7, 11) is 0. The lowest BCUT2D eigenvalue weighted by Crippen LogP contribution is -2.46. The van der Waals surface area contributed by atoms with Gasteiger partial charge in [-0.05, 0) is 68.1 Å². The lowest BCUT2D eigenvalue weighted by atomic mass is 9.48. The summed E-state index contributed by atoms with van der Waals surface area (Å²) in [6, 6.07) is 0. The molecular formula is C14H22N4. The second-order valence-corrected chi connectivity index (χ2v) is 7.06. The molecule has 4 nitrogen and oxygen atoms in total. The fraction of sp³-hybridized carbons (Fsp3) is 0.857. The van der Waals surface area contributed by atoms with Crippen molar-refractivity contribution in [2.24, 2.45) is 23.2 Å². The van der Waals surface area contributed by atoms with E-state index in [9.17, 15) is 0 Å². The standard InChI is InChI=1S/C14H22N4/c15-13-16-12(17-18-13)1-2-14-6-9-3-10(7-14)5-11(4-9)8-14/h9-11H,1-8H2,(H3,15,16,17,18). The first-order valence-corrected chi connectivity index (χ1v) is 7.38. The molecule has 1 heterocycles. The third kappa shape index (κ3) is 1.73. The van der Waals surface area contributed by atoms with Crippen LogP contribution in [0, 0.1) is 23.2 Å². The topological polar surface area (TPSA) is 67.6 Å². The third-order valence-corrected chi connectivity index (χ3v) is 5.61. The van der Waals surface area contributed by atoms with Crippen molar-refractivity contribution in [3.63, 3.8) is 0 Å². The van der Waals surface area contributed by atoms with E-state index in [0.29, 0.717) is 11.4 Å². The second-order valence-electron chi connectivity index (χ2n) is 7.06. The molecule has 0 radical (unpaired) electrons. The molecule has 4 heteroatoms. The largest absolute Gasteiger partial charge is 0.367 e. The van der Waals surface area contributed by atoms with Crippen LogP contribution in [-0.2, 0) is 6.42 Å². The van der Waals surface area contributed by atoms with E-state index in [4.69, 9.17) is 5.73 Å². The molecule has 0 aliphatic heterocycles. The quantitative estimate of drug-likeness (QED) is 0.861. The van der Waals surface area contributed by atoms with Crippen LogP contribution in [0.4, 0.5) is 5.95 Å². The molecule has 0 amide bonds. The molecule has 5 rings (SSSR count). The van der Waals surface area contributed by atoms with Crippen molar-refractivity contribution >= 4 is 5.95 Å². The van der Waals surface area contributed by atoms with Gasteiger partial charge >= 0.3 is 0 Å². The van der Waals surface area contributed by atoms with Gasteiger partial charge in [0.05, 0.1) is 0 Å². The van der Waals surface area contributed by atoms with Crippen LogP contribution >= 0.6 is 0 Å². The lowest BCUT2D eigenvalue weighted by molar-refractivity contribution is -0.0571. The maximum absolute atomic E-state index is 5.56. The van der Waals surface area contributed by atoms with Gasteiger partial charge in [-0.25, -0.2) is 0 Å². The van der Waals surface area contributed by atoms with E-state index in [1.165, 1.54) is 44.9 Å². The Morgan fingerprint density at radius 3 is 2.22 bits per heavy atom. The summed E-state index contributed by atoms with van der Waals surface area (Å²) in [5.41, 5.74) is 6.20. The number of anilines is 1. The molecule has 4 saturated carbocycles. The van der Waals surface area contributed by atoms with Gasteiger partial charge in [-0.15, -0.1) is 5.10 Å². The first-order chi connectivity index (χ1) is 8.71. The Morgan fingerprint density at radius 2 is 1.72 bits per heavy atom. The average Bonchev–Trinajstić information content (AvgIpc) is 2.71. The van der Waals surface area contributed by atoms with Crippen molar-refractivity contribution in [1.29, 1.82) is 0 Å². The van der Waals surface area contributed by atoms with Crippen LogP contribution < -0.4 is 5.73 Å². The predicted molar refractivity (Wildman–Crippen MR) is 69.7 cm³/mol. The average molecular weight is 246 g/mol. The number of aryl methyl sites for hydroxylation is 1. The van der Waals surface area contributed by atoms with Crippen LogP contribution in [0.5, 0.6) is 0 Å². The summed E-state index contributed by atoms with van der Waals surface area (Å²) in [6.07, 6.45) is 11.3. The minimum Gasteiger partial charge on any atom is -0.367 e. The highest BCUT2D eigenvalue weighted by Crippen LogP contribution is 2.61. The Kier molecular flexibility index (Phi) is 2.24. The minimum atomic E-state index is 0.385. The van der Waals surface area contributed by atoms with Crippen molar-refractivity contribution in [3.8, 4) is 0 Å². The van der Waals surface area contributed by atoms with E-state index in [2.05, 4.69) is 15.2 Å². The van der Waals surface area contributed by atoms with Crippen molar-refractivity contribution in [2.75, 3.05) is 5.73 Å². The Morgan fingerprint density at radius 1 is 1.11 bits per heavy atom. The molecule has 1 aromatic rings. The maximum Gasteiger partial charge on any atom is 0.239 e. The first kappa shape index (κ1) is 10.8. The molecule has 1 aromatic heterocycles. The summed E-state index contributed by atoms with van der Waals surface area (Å²) in [6.45, 7) is 0. The van der Waals surface area contributed by atoms with Crippen LogP contribution in [0.3, 0.4) is 0 Å². The number of nitrogens with zero attached hydrogens (tertiary/aromatic N) is 2. The van der Waals surface area contributed by atoms with Crippen molar-refractivity contribution in [1.82, 2.24) is 15.2 Å². The molecule has 0 spiro atoms. The summed E-state index contributed by atoms with van der Waals surface area (Å²) in [4.78, 5) is 4.24. The fourth-order valence-electron chi connectivity index (χ4n) is 5.40. The number of aromatic amines is 1. The Bertz CT molecular complexity index is 415. The number of H-pyrrole nitrogens is 1. The Labute approximate surface area is 108 Å². The van der Waals surface area contributed by atoms with Gasteiger partial charge in [-0.3, -0.25) is 5.10 Å². The molecule has 98 valence electrons. The first-order valence-electron chi connectivity index (χ1n) is 7.38. The number of hydrogen-bond acceptors (Lipinski definition) is 3. The second kappa shape index (κ2) is 3.72. The minimum absolute atomic E-state index is 0.385. The van der Waals surface area contributed by atoms with Gasteiger partial charge in [-0.2, -0.15) is 4.98 Å². The number of hydrogen-bond donors (Lipinski definition) is 2. The molecule has 4 fully saturated rings. The van der Waals surface area contributed by atoms with Gasteiger partial charge in [0.2, 0.25) is 5.95 Å². The van der Waals surface area contributed by atoms with E-state index in [-0.39, 0.29) is 0 Å². The summed E-state index contributed by atoms with van der Waals surface area (Å²) in [5, 5.41) is 6.88. The molecule has 0 aromatic carbocycles. The highest BCUT2D eigenvalue weighted by atomic mass is 15.3. The van der Waals surface area contributed by atoms with Gasteiger partial charge in [-0.1, -0.05) is 0 Å². The van der Waals surface area contributed by atoms with Crippen LogP contribution in [0.2, 0.25) is 0 Å². The van der Waals surface area contributed by atoms with Crippen molar-refractivity contribution < 1.29 is 0 Å². The molecule has 0 unspecified atom stereocenters. The normalized spacial score (nSPS) is 41.4. The highest BCUT2D eigenvalue weighted by Gasteiger charge is 2.50. The van der Waals surface area contributed by atoms with E-state index < -0.39 is 0 Å². The molecule has 18 heavy (non-hydrogen) atoms. The van der Waals surface area contributed by atoms with E-state index >= 15 is 0 Å². The number of nitrogens with one attached hydrogen (secondary N) is 1.